The Morgan fingerprint density at radius 3 is 2.38 bits per heavy atom. The number of hydrogen-bond acceptors (Lipinski definition) is 3. The summed E-state index contributed by atoms with van der Waals surface area (Å²) < 4.78 is 5.70. The van der Waals surface area contributed by atoms with Crippen molar-refractivity contribution >= 4 is 17.5 Å². The molecule has 0 aliphatic heterocycles. The maximum absolute atomic E-state index is 12.7. The first-order chi connectivity index (χ1) is 12.5. The first kappa shape index (κ1) is 19.5. The summed E-state index contributed by atoms with van der Waals surface area (Å²) in [6.07, 6.45) is 0.108. The minimum atomic E-state index is -0.657. The van der Waals surface area contributed by atoms with Gasteiger partial charge in [0.1, 0.15) is 5.75 Å². The minimum Gasteiger partial charge on any atom is -0.481 e. The zero-order valence-electron chi connectivity index (χ0n) is 15.6. The molecule has 0 spiro atoms. The van der Waals surface area contributed by atoms with Gasteiger partial charge in [-0.2, -0.15) is 0 Å². The standard InChI is InChI=1S/C21H26N2O3/c1-4-14-23(15-20(24)22-19-13-9-8-10-16(19)2)21(25)17(3)26-18-11-6-5-7-12-18/h5-13,17H,4,14-15H2,1-3H3,(H,22,24). The molecule has 2 aromatic carbocycles. The monoisotopic (exact) mass is 354 g/mol. The largest absolute Gasteiger partial charge is 0.481 e. The Labute approximate surface area is 155 Å². The van der Waals surface area contributed by atoms with Crippen LogP contribution < -0.4 is 10.1 Å². The molecule has 0 aliphatic rings. The average Bonchev–Trinajstić information content (AvgIpc) is 2.63. The summed E-state index contributed by atoms with van der Waals surface area (Å²) in [6, 6.07) is 16.8. The third kappa shape index (κ3) is 5.62. The predicted octanol–water partition coefficient (Wildman–Crippen LogP) is 3.64. The van der Waals surface area contributed by atoms with Gasteiger partial charge in [-0.05, 0) is 44.0 Å². The lowest BCUT2D eigenvalue weighted by Gasteiger charge is -2.25. The van der Waals surface area contributed by atoms with Crippen LogP contribution in [0.2, 0.25) is 0 Å². The van der Waals surface area contributed by atoms with Gasteiger partial charge in [-0.15, -0.1) is 0 Å². The van der Waals surface area contributed by atoms with E-state index in [0.717, 1.165) is 17.7 Å². The number of para-hydroxylation sites is 2. The molecule has 1 N–H and O–H groups in total. The number of rotatable bonds is 8. The van der Waals surface area contributed by atoms with Gasteiger partial charge < -0.3 is 15.0 Å². The van der Waals surface area contributed by atoms with E-state index in [2.05, 4.69) is 5.32 Å². The Kier molecular flexibility index (Phi) is 7.21. The molecule has 138 valence electrons. The fourth-order valence-corrected chi connectivity index (χ4v) is 2.62. The van der Waals surface area contributed by atoms with Crippen molar-refractivity contribution in [1.29, 1.82) is 0 Å². The molecule has 1 unspecified atom stereocenters. The molecule has 5 nitrogen and oxygen atoms in total. The van der Waals surface area contributed by atoms with E-state index >= 15 is 0 Å². The molecule has 0 heterocycles. The van der Waals surface area contributed by atoms with Crippen LogP contribution in [0.15, 0.2) is 54.6 Å². The van der Waals surface area contributed by atoms with Gasteiger partial charge >= 0.3 is 0 Å². The summed E-state index contributed by atoms with van der Waals surface area (Å²) in [5.74, 6) is 0.220. The Morgan fingerprint density at radius 2 is 1.73 bits per heavy atom. The van der Waals surface area contributed by atoms with E-state index in [1.54, 1.807) is 24.0 Å². The average molecular weight is 354 g/mol. The Bertz CT molecular complexity index is 731. The topological polar surface area (TPSA) is 58.6 Å². The number of amides is 2. The number of benzene rings is 2. The maximum Gasteiger partial charge on any atom is 0.263 e. The first-order valence-corrected chi connectivity index (χ1v) is 8.87. The number of hydrogen-bond donors (Lipinski definition) is 1. The van der Waals surface area contributed by atoms with Crippen molar-refractivity contribution in [1.82, 2.24) is 4.90 Å². The highest BCUT2D eigenvalue weighted by atomic mass is 16.5. The molecule has 0 bridgehead atoms. The SMILES string of the molecule is CCCN(CC(=O)Nc1ccccc1C)C(=O)C(C)Oc1ccccc1. The van der Waals surface area contributed by atoms with Crippen LogP contribution in [0.25, 0.3) is 0 Å². The van der Waals surface area contributed by atoms with Crippen LogP contribution in [0, 0.1) is 6.92 Å². The predicted molar refractivity (Wildman–Crippen MR) is 103 cm³/mol. The zero-order valence-corrected chi connectivity index (χ0v) is 15.6. The van der Waals surface area contributed by atoms with Crippen molar-refractivity contribution in [2.75, 3.05) is 18.4 Å². The van der Waals surface area contributed by atoms with Crippen molar-refractivity contribution in [3.05, 3.63) is 60.2 Å². The summed E-state index contributed by atoms with van der Waals surface area (Å²) in [4.78, 5) is 26.6. The lowest BCUT2D eigenvalue weighted by molar-refractivity contribution is -0.140. The van der Waals surface area contributed by atoms with Gasteiger partial charge in [0, 0.05) is 12.2 Å². The second kappa shape index (κ2) is 9.61. The van der Waals surface area contributed by atoms with Crippen LogP contribution in [0.3, 0.4) is 0 Å². The molecule has 1 atom stereocenters. The second-order valence-electron chi connectivity index (χ2n) is 6.20. The highest BCUT2D eigenvalue weighted by Crippen LogP contribution is 2.14. The molecular weight excluding hydrogens is 328 g/mol. The number of anilines is 1. The lowest BCUT2D eigenvalue weighted by Crippen LogP contribution is -2.44. The van der Waals surface area contributed by atoms with Gasteiger partial charge in [0.15, 0.2) is 6.10 Å². The fraction of sp³-hybridized carbons (Fsp3) is 0.333. The van der Waals surface area contributed by atoms with Crippen molar-refractivity contribution in [3.8, 4) is 5.75 Å². The number of ether oxygens (including phenoxy) is 1. The molecule has 26 heavy (non-hydrogen) atoms. The zero-order chi connectivity index (χ0) is 18.9. The molecule has 2 amide bonds. The van der Waals surface area contributed by atoms with E-state index in [0.29, 0.717) is 12.3 Å². The number of aryl methyl sites for hydroxylation is 1. The third-order valence-electron chi connectivity index (χ3n) is 3.96. The van der Waals surface area contributed by atoms with E-state index in [1.807, 2.05) is 56.3 Å². The number of nitrogens with one attached hydrogen (secondary N) is 1. The van der Waals surface area contributed by atoms with Gasteiger partial charge in [0.05, 0.1) is 6.54 Å². The van der Waals surface area contributed by atoms with E-state index in [4.69, 9.17) is 4.74 Å². The van der Waals surface area contributed by atoms with Crippen molar-refractivity contribution in [3.63, 3.8) is 0 Å². The van der Waals surface area contributed by atoms with E-state index in [1.165, 1.54) is 0 Å². The Balaban J connectivity index is 1.99. The number of nitrogens with zero attached hydrogens (tertiary/aromatic N) is 1. The normalized spacial score (nSPS) is 11.5. The molecule has 0 saturated heterocycles. The molecule has 2 rings (SSSR count). The van der Waals surface area contributed by atoms with Gasteiger partial charge in [-0.25, -0.2) is 0 Å². The van der Waals surface area contributed by atoms with E-state index < -0.39 is 6.10 Å². The molecule has 0 fully saturated rings. The highest BCUT2D eigenvalue weighted by molar-refractivity contribution is 5.95. The highest BCUT2D eigenvalue weighted by Gasteiger charge is 2.23. The second-order valence-corrected chi connectivity index (χ2v) is 6.20. The summed E-state index contributed by atoms with van der Waals surface area (Å²) >= 11 is 0. The van der Waals surface area contributed by atoms with Crippen LogP contribution in [0.4, 0.5) is 5.69 Å². The first-order valence-electron chi connectivity index (χ1n) is 8.87. The fourth-order valence-electron chi connectivity index (χ4n) is 2.62. The Hall–Kier alpha value is -2.82. The molecule has 5 heteroatoms. The van der Waals surface area contributed by atoms with Crippen molar-refractivity contribution < 1.29 is 14.3 Å². The molecule has 2 aromatic rings. The van der Waals surface area contributed by atoms with Crippen LogP contribution in [0.5, 0.6) is 5.75 Å². The molecule has 0 aliphatic carbocycles. The smallest absolute Gasteiger partial charge is 0.263 e. The summed E-state index contributed by atoms with van der Waals surface area (Å²) in [7, 11) is 0. The summed E-state index contributed by atoms with van der Waals surface area (Å²) in [5.41, 5.74) is 1.74. The summed E-state index contributed by atoms with van der Waals surface area (Å²) in [5, 5.41) is 2.87. The molecule has 0 radical (unpaired) electrons. The third-order valence-corrected chi connectivity index (χ3v) is 3.96. The number of carbonyl (C=O) groups is 2. The summed E-state index contributed by atoms with van der Waals surface area (Å²) in [6.45, 7) is 6.12. The maximum atomic E-state index is 12.7. The van der Waals surface area contributed by atoms with Crippen molar-refractivity contribution in [2.45, 2.75) is 33.3 Å². The number of carbonyl (C=O) groups excluding carboxylic acids is 2. The van der Waals surface area contributed by atoms with Crippen LogP contribution in [0.1, 0.15) is 25.8 Å². The van der Waals surface area contributed by atoms with Gasteiger partial charge in [0.2, 0.25) is 5.91 Å². The lowest BCUT2D eigenvalue weighted by atomic mass is 10.2. The van der Waals surface area contributed by atoms with Gasteiger partial charge in [0.25, 0.3) is 5.91 Å². The molecule has 0 aromatic heterocycles. The molecular formula is C21H26N2O3. The van der Waals surface area contributed by atoms with Crippen LogP contribution in [-0.4, -0.2) is 35.9 Å². The van der Waals surface area contributed by atoms with Crippen LogP contribution in [-0.2, 0) is 9.59 Å². The van der Waals surface area contributed by atoms with Gasteiger partial charge in [-0.1, -0.05) is 43.3 Å². The van der Waals surface area contributed by atoms with Crippen LogP contribution >= 0.6 is 0 Å². The van der Waals surface area contributed by atoms with Crippen molar-refractivity contribution in [2.24, 2.45) is 0 Å². The minimum absolute atomic E-state index is 0.00347. The molecule has 0 saturated carbocycles. The van der Waals surface area contributed by atoms with E-state index in [-0.39, 0.29) is 18.4 Å². The van der Waals surface area contributed by atoms with E-state index in [9.17, 15) is 9.59 Å². The van der Waals surface area contributed by atoms with Gasteiger partial charge in [-0.3, -0.25) is 9.59 Å². The quantitative estimate of drug-likeness (QED) is 0.787. The Morgan fingerprint density at radius 1 is 1.08 bits per heavy atom.